The Morgan fingerprint density at radius 1 is 1.00 bits per heavy atom. The van der Waals surface area contributed by atoms with Gasteiger partial charge in [-0.3, -0.25) is 0 Å². The van der Waals surface area contributed by atoms with Crippen molar-refractivity contribution in [2.75, 3.05) is 6.54 Å². The van der Waals surface area contributed by atoms with Crippen molar-refractivity contribution in [1.82, 2.24) is 5.32 Å². The van der Waals surface area contributed by atoms with E-state index in [1.807, 2.05) is 0 Å². The molecule has 0 heterocycles. The largest absolute Gasteiger partial charge is 0.314 e. The van der Waals surface area contributed by atoms with Gasteiger partial charge in [-0.1, -0.05) is 45.4 Å². The summed E-state index contributed by atoms with van der Waals surface area (Å²) >= 11 is 0. The number of unbranched alkanes of at least 4 members (excludes halogenated alkanes) is 2. The van der Waals surface area contributed by atoms with Crippen molar-refractivity contribution in [2.45, 2.75) is 70.8 Å². The average molecular weight is 209 g/mol. The van der Waals surface area contributed by atoms with Gasteiger partial charge >= 0.3 is 0 Å². The van der Waals surface area contributed by atoms with Crippen molar-refractivity contribution in [3.63, 3.8) is 0 Å². The van der Waals surface area contributed by atoms with E-state index in [9.17, 15) is 0 Å². The lowest BCUT2D eigenvalue weighted by molar-refractivity contribution is 0.336. The number of rotatable bonds is 7. The lowest BCUT2D eigenvalue weighted by Crippen LogP contribution is -2.26. The highest BCUT2D eigenvalue weighted by Crippen LogP contribution is 2.35. The summed E-state index contributed by atoms with van der Waals surface area (Å²) in [5.41, 5.74) is 0. The van der Waals surface area contributed by atoms with Crippen LogP contribution in [0.3, 0.4) is 0 Å². The Balaban J connectivity index is 1.62. The molecule has 0 aromatic carbocycles. The Morgan fingerprint density at radius 3 is 2.53 bits per heavy atom. The standard InChI is InChI=1S/C14H27N/c1-2-3-4-6-12-7-5-8-13(12)11-15-14-9-10-14/h12-15H,2-11H2,1H3. The molecule has 2 aliphatic rings. The van der Waals surface area contributed by atoms with Crippen LogP contribution in [0.4, 0.5) is 0 Å². The van der Waals surface area contributed by atoms with E-state index in [2.05, 4.69) is 12.2 Å². The van der Waals surface area contributed by atoms with E-state index in [4.69, 9.17) is 0 Å². The van der Waals surface area contributed by atoms with Gasteiger partial charge in [-0.05, 0) is 37.6 Å². The normalized spacial score (nSPS) is 31.0. The molecule has 2 fully saturated rings. The Bertz CT molecular complexity index is 174. The Kier molecular flexibility index (Phi) is 4.49. The summed E-state index contributed by atoms with van der Waals surface area (Å²) < 4.78 is 0. The molecule has 1 heteroatoms. The zero-order valence-electron chi connectivity index (χ0n) is 10.3. The lowest BCUT2D eigenvalue weighted by atomic mass is 9.90. The minimum atomic E-state index is 0.905. The molecular weight excluding hydrogens is 182 g/mol. The first-order valence-electron chi connectivity index (χ1n) is 7.13. The van der Waals surface area contributed by atoms with Crippen molar-refractivity contribution >= 4 is 0 Å². The van der Waals surface area contributed by atoms with Gasteiger partial charge in [0.25, 0.3) is 0 Å². The molecule has 2 saturated carbocycles. The van der Waals surface area contributed by atoms with Crippen LogP contribution < -0.4 is 5.32 Å². The fourth-order valence-electron chi connectivity index (χ4n) is 3.02. The van der Waals surface area contributed by atoms with E-state index in [1.54, 1.807) is 0 Å². The maximum absolute atomic E-state index is 3.72. The molecule has 1 N–H and O–H groups in total. The van der Waals surface area contributed by atoms with E-state index >= 15 is 0 Å². The SMILES string of the molecule is CCCCCC1CCCC1CNC1CC1. The van der Waals surface area contributed by atoms with Crippen LogP contribution in [0, 0.1) is 11.8 Å². The van der Waals surface area contributed by atoms with Gasteiger partial charge in [0.2, 0.25) is 0 Å². The van der Waals surface area contributed by atoms with Gasteiger partial charge in [0.05, 0.1) is 0 Å². The third kappa shape index (κ3) is 3.79. The van der Waals surface area contributed by atoms with Gasteiger partial charge in [-0.15, -0.1) is 0 Å². The maximum Gasteiger partial charge on any atom is 0.00683 e. The fraction of sp³-hybridized carbons (Fsp3) is 1.00. The van der Waals surface area contributed by atoms with Crippen molar-refractivity contribution in [3.8, 4) is 0 Å². The van der Waals surface area contributed by atoms with Gasteiger partial charge in [0.15, 0.2) is 0 Å². The third-order valence-corrected chi connectivity index (χ3v) is 4.24. The Morgan fingerprint density at radius 2 is 1.80 bits per heavy atom. The Labute approximate surface area is 95.0 Å². The van der Waals surface area contributed by atoms with E-state index in [-0.39, 0.29) is 0 Å². The van der Waals surface area contributed by atoms with Crippen molar-refractivity contribution < 1.29 is 0 Å². The predicted octanol–water partition coefficient (Wildman–Crippen LogP) is 3.74. The molecule has 2 unspecified atom stereocenters. The van der Waals surface area contributed by atoms with Crippen LogP contribution in [-0.2, 0) is 0 Å². The van der Waals surface area contributed by atoms with E-state index in [0.29, 0.717) is 0 Å². The summed E-state index contributed by atoms with van der Waals surface area (Å²) in [5.74, 6) is 2.07. The molecule has 2 aliphatic carbocycles. The number of nitrogens with one attached hydrogen (secondary N) is 1. The highest BCUT2D eigenvalue weighted by Gasteiger charge is 2.28. The number of hydrogen-bond acceptors (Lipinski definition) is 1. The minimum Gasteiger partial charge on any atom is -0.314 e. The predicted molar refractivity (Wildman–Crippen MR) is 66.0 cm³/mol. The molecule has 0 aliphatic heterocycles. The zero-order valence-corrected chi connectivity index (χ0v) is 10.3. The first-order chi connectivity index (χ1) is 7.40. The number of hydrogen-bond donors (Lipinski definition) is 1. The molecule has 0 aromatic rings. The van der Waals surface area contributed by atoms with E-state index < -0.39 is 0 Å². The van der Waals surface area contributed by atoms with Crippen molar-refractivity contribution in [2.24, 2.45) is 11.8 Å². The fourth-order valence-corrected chi connectivity index (χ4v) is 3.02. The Hall–Kier alpha value is -0.0400. The summed E-state index contributed by atoms with van der Waals surface area (Å²) in [6.45, 7) is 3.63. The van der Waals surface area contributed by atoms with Gasteiger partial charge in [-0.2, -0.15) is 0 Å². The highest BCUT2D eigenvalue weighted by molar-refractivity contribution is 4.85. The molecule has 0 radical (unpaired) electrons. The van der Waals surface area contributed by atoms with Crippen LogP contribution in [0.1, 0.15) is 64.7 Å². The molecule has 0 amide bonds. The summed E-state index contributed by atoms with van der Waals surface area (Å²) in [7, 11) is 0. The molecule has 0 aromatic heterocycles. The molecule has 0 spiro atoms. The maximum atomic E-state index is 3.72. The highest BCUT2D eigenvalue weighted by atomic mass is 14.9. The van der Waals surface area contributed by atoms with Gasteiger partial charge < -0.3 is 5.32 Å². The van der Waals surface area contributed by atoms with Crippen molar-refractivity contribution in [1.29, 1.82) is 0 Å². The smallest absolute Gasteiger partial charge is 0.00683 e. The topological polar surface area (TPSA) is 12.0 Å². The second kappa shape index (κ2) is 5.89. The summed E-state index contributed by atoms with van der Waals surface area (Å²) in [6.07, 6.45) is 13.2. The average Bonchev–Trinajstić information content (AvgIpc) is 2.97. The molecule has 0 bridgehead atoms. The lowest BCUT2D eigenvalue weighted by Gasteiger charge is -2.19. The van der Waals surface area contributed by atoms with Crippen LogP contribution in [-0.4, -0.2) is 12.6 Å². The first-order valence-corrected chi connectivity index (χ1v) is 7.13. The third-order valence-electron chi connectivity index (χ3n) is 4.24. The van der Waals surface area contributed by atoms with E-state index in [1.165, 1.54) is 64.3 Å². The van der Waals surface area contributed by atoms with Crippen molar-refractivity contribution in [3.05, 3.63) is 0 Å². The minimum absolute atomic E-state index is 0.905. The van der Waals surface area contributed by atoms with Crippen LogP contribution in [0.25, 0.3) is 0 Å². The zero-order chi connectivity index (χ0) is 10.5. The summed E-state index contributed by atoms with van der Waals surface area (Å²) in [5, 5.41) is 3.72. The van der Waals surface area contributed by atoms with Crippen LogP contribution >= 0.6 is 0 Å². The quantitative estimate of drug-likeness (QED) is 0.630. The van der Waals surface area contributed by atoms with Crippen LogP contribution in [0.5, 0.6) is 0 Å². The molecule has 2 atom stereocenters. The van der Waals surface area contributed by atoms with Crippen LogP contribution in [0.2, 0.25) is 0 Å². The van der Waals surface area contributed by atoms with E-state index in [0.717, 1.165) is 17.9 Å². The molecule has 2 rings (SSSR count). The second-order valence-corrected chi connectivity index (χ2v) is 5.63. The van der Waals surface area contributed by atoms with Gasteiger partial charge in [0, 0.05) is 6.04 Å². The molecule has 88 valence electrons. The molecular formula is C14H27N. The monoisotopic (exact) mass is 209 g/mol. The van der Waals surface area contributed by atoms with Gasteiger partial charge in [0.1, 0.15) is 0 Å². The summed E-state index contributed by atoms with van der Waals surface area (Å²) in [4.78, 5) is 0. The second-order valence-electron chi connectivity index (χ2n) is 5.63. The van der Waals surface area contributed by atoms with Crippen LogP contribution in [0.15, 0.2) is 0 Å². The first kappa shape index (κ1) is 11.4. The van der Waals surface area contributed by atoms with Gasteiger partial charge in [-0.25, -0.2) is 0 Å². The summed E-state index contributed by atoms with van der Waals surface area (Å²) in [6, 6.07) is 0.905. The molecule has 0 saturated heterocycles. The molecule has 15 heavy (non-hydrogen) atoms. The molecule has 1 nitrogen and oxygen atoms in total.